The van der Waals surface area contributed by atoms with Crippen molar-refractivity contribution in [2.24, 2.45) is 0 Å². The van der Waals surface area contributed by atoms with E-state index in [1.165, 1.54) is 6.20 Å². The van der Waals surface area contributed by atoms with E-state index in [9.17, 15) is 8.42 Å². The highest BCUT2D eigenvalue weighted by molar-refractivity contribution is 7.89. The first kappa shape index (κ1) is 15.8. The van der Waals surface area contributed by atoms with Crippen LogP contribution < -0.4 is 5.32 Å². The van der Waals surface area contributed by atoms with Crippen molar-refractivity contribution in [1.29, 1.82) is 0 Å². The first-order valence-corrected chi connectivity index (χ1v) is 7.42. The second-order valence-electron chi connectivity index (χ2n) is 3.74. The Morgan fingerprint density at radius 3 is 2.47 bits per heavy atom. The maximum absolute atomic E-state index is 12.4. The third-order valence-electron chi connectivity index (χ3n) is 2.42. The second-order valence-corrected chi connectivity index (χ2v) is 5.59. The third kappa shape index (κ3) is 3.87. The van der Waals surface area contributed by atoms with E-state index in [1.807, 2.05) is 6.92 Å². The van der Waals surface area contributed by atoms with E-state index in [4.69, 9.17) is 10.2 Å². The lowest BCUT2D eigenvalue weighted by Crippen LogP contribution is -2.36. The molecule has 0 fully saturated rings. The third-order valence-corrected chi connectivity index (χ3v) is 4.28. The van der Waals surface area contributed by atoms with Gasteiger partial charge in [0.05, 0.1) is 18.9 Å². The minimum absolute atomic E-state index is 0.0783. The van der Waals surface area contributed by atoms with Crippen molar-refractivity contribution in [3.05, 3.63) is 18.3 Å². The number of hydrogen-bond donors (Lipinski definition) is 3. The summed E-state index contributed by atoms with van der Waals surface area (Å²) < 4.78 is 25.8. The molecule has 0 aromatic carbocycles. The lowest BCUT2D eigenvalue weighted by atomic mass is 10.4. The maximum atomic E-state index is 12.4. The van der Waals surface area contributed by atoms with Crippen LogP contribution in [-0.2, 0) is 10.0 Å². The number of aliphatic hydroxyl groups is 2. The number of sulfonamides is 1. The van der Waals surface area contributed by atoms with E-state index < -0.39 is 10.0 Å². The smallest absolute Gasteiger partial charge is 0.262 e. The van der Waals surface area contributed by atoms with Crippen LogP contribution in [0.3, 0.4) is 0 Å². The zero-order valence-electron chi connectivity index (χ0n) is 10.8. The minimum Gasteiger partial charge on any atom is -0.395 e. The molecule has 0 aliphatic heterocycles. The van der Waals surface area contributed by atoms with Crippen molar-refractivity contribution < 1.29 is 18.6 Å². The number of aromatic nitrogens is 1. The lowest BCUT2D eigenvalue weighted by molar-refractivity contribution is 0.217. The van der Waals surface area contributed by atoms with E-state index in [1.54, 1.807) is 12.1 Å². The van der Waals surface area contributed by atoms with Gasteiger partial charge in [0.1, 0.15) is 0 Å². The Hall–Kier alpha value is -1.22. The van der Waals surface area contributed by atoms with Gasteiger partial charge in [-0.3, -0.25) is 0 Å². The highest BCUT2D eigenvalue weighted by Crippen LogP contribution is 2.21. The summed E-state index contributed by atoms with van der Waals surface area (Å²) in [5, 5.41) is 20.7. The summed E-state index contributed by atoms with van der Waals surface area (Å²) in [7, 11) is -3.84. The topological polar surface area (TPSA) is 103 Å². The predicted molar refractivity (Wildman–Crippen MR) is 71.3 cm³/mol. The quantitative estimate of drug-likeness (QED) is 0.595. The summed E-state index contributed by atoms with van der Waals surface area (Å²) in [6, 6.07) is 3.26. The van der Waals surface area contributed by atoms with Gasteiger partial charge in [0.2, 0.25) is 0 Å². The molecule has 8 heteroatoms. The van der Waals surface area contributed by atoms with Gasteiger partial charge in [0.15, 0.2) is 5.03 Å². The molecule has 108 valence electrons. The van der Waals surface area contributed by atoms with Crippen molar-refractivity contribution in [1.82, 2.24) is 9.29 Å². The van der Waals surface area contributed by atoms with Crippen molar-refractivity contribution in [2.45, 2.75) is 11.9 Å². The molecule has 3 N–H and O–H groups in total. The van der Waals surface area contributed by atoms with Crippen LogP contribution in [0.4, 0.5) is 5.69 Å². The van der Waals surface area contributed by atoms with Crippen LogP contribution in [0.1, 0.15) is 6.92 Å². The molecule has 0 aliphatic rings. The monoisotopic (exact) mass is 289 g/mol. The SMILES string of the molecule is CCNc1cccnc1S(=O)(=O)N(CCO)CCO. The Bertz CT molecular complexity index is 486. The van der Waals surface area contributed by atoms with E-state index in [0.717, 1.165) is 4.31 Å². The van der Waals surface area contributed by atoms with Crippen molar-refractivity contribution in [3.8, 4) is 0 Å². The fourth-order valence-corrected chi connectivity index (χ4v) is 3.12. The van der Waals surface area contributed by atoms with Gasteiger partial charge in [-0.2, -0.15) is 4.31 Å². The molecule has 0 saturated heterocycles. The van der Waals surface area contributed by atoms with Gasteiger partial charge in [0, 0.05) is 25.8 Å². The molecule has 1 rings (SSSR count). The number of pyridine rings is 1. The largest absolute Gasteiger partial charge is 0.395 e. The molecule has 1 aromatic heterocycles. The highest BCUT2D eigenvalue weighted by atomic mass is 32.2. The van der Waals surface area contributed by atoms with Crippen LogP contribution in [0.15, 0.2) is 23.4 Å². The molecule has 0 aliphatic carbocycles. The van der Waals surface area contributed by atoms with Gasteiger partial charge in [-0.05, 0) is 19.1 Å². The van der Waals surface area contributed by atoms with Crippen LogP contribution in [0.25, 0.3) is 0 Å². The average Bonchev–Trinajstić information content (AvgIpc) is 2.39. The number of nitrogens with zero attached hydrogens (tertiary/aromatic N) is 2. The molecule has 0 amide bonds. The van der Waals surface area contributed by atoms with Gasteiger partial charge in [-0.1, -0.05) is 0 Å². The Labute approximate surface area is 112 Å². The van der Waals surface area contributed by atoms with Gasteiger partial charge in [-0.25, -0.2) is 13.4 Å². The lowest BCUT2D eigenvalue weighted by Gasteiger charge is -2.21. The van der Waals surface area contributed by atoms with Gasteiger partial charge in [0.25, 0.3) is 10.0 Å². The first-order chi connectivity index (χ1) is 9.07. The fourth-order valence-electron chi connectivity index (χ4n) is 1.62. The summed E-state index contributed by atoms with van der Waals surface area (Å²) in [6.07, 6.45) is 1.39. The molecule has 1 heterocycles. The molecule has 0 bridgehead atoms. The molecule has 19 heavy (non-hydrogen) atoms. The van der Waals surface area contributed by atoms with E-state index in [-0.39, 0.29) is 31.3 Å². The van der Waals surface area contributed by atoms with E-state index in [0.29, 0.717) is 12.2 Å². The Kier molecular flexibility index (Phi) is 6.16. The second kappa shape index (κ2) is 7.39. The molecule has 7 nitrogen and oxygen atoms in total. The van der Waals surface area contributed by atoms with Crippen molar-refractivity contribution in [2.75, 3.05) is 38.2 Å². The minimum atomic E-state index is -3.84. The number of rotatable bonds is 8. The normalized spacial score (nSPS) is 11.8. The summed E-state index contributed by atoms with van der Waals surface area (Å²) in [5.41, 5.74) is 0.408. The van der Waals surface area contributed by atoms with Crippen LogP contribution in [0.5, 0.6) is 0 Å². The average molecular weight is 289 g/mol. The molecule has 0 spiro atoms. The maximum Gasteiger partial charge on any atom is 0.262 e. The van der Waals surface area contributed by atoms with Crippen LogP contribution in [0, 0.1) is 0 Å². The van der Waals surface area contributed by atoms with Gasteiger partial charge in [-0.15, -0.1) is 0 Å². The highest BCUT2D eigenvalue weighted by Gasteiger charge is 2.27. The summed E-state index contributed by atoms with van der Waals surface area (Å²) in [6.45, 7) is 1.62. The Morgan fingerprint density at radius 1 is 1.32 bits per heavy atom. The number of nitrogens with one attached hydrogen (secondary N) is 1. The molecular weight excluding hydrogens is 270 g/mol. The fraction of sp³-hybridized carbons (Fsp3) is 0.545. The standard InChI is InChI=1S/C11H19N3O4S/c1-2-12-10-4-3-5-13-11(10)19(17,18)14(6-8-15)7-9-16/h3-5,12,15-16H,2,6-9H2,1H3. The molecule has 0 atom stereocenters. The van der Waals surface area contributed by atoms with Crippen molar-refractivity contribution in [3.63, 3.8) is 0 Å². The first-order valence-electron chi connectivity index (χ1n) is 5.98. The summed E-state index contributed by atoms with van der Waals surface area (Å²) in [4.78, 5) is 3.90. The zero-order chi connectivity index (χ0) is 14.3. The molecule has 0 unspecified atom stereocenters. The van der Waals surface area contributed by atoms with E-state index >= 15 is 0 Å². The number of anilines is 1. The van der Waals surface area contributed by atoms with Crippen molar-refractivity contribution >= 4 is 15.7 Å². The summed E-state index contributed by atoms with van der Waals surface area (Å²) in [5.74, 6) is 0. The zero-order valence-corrected chi connectivity index (χ0v) is 11.6. The predicted octanol–water partition coefficient (Wildman–Crippen LogP) is -0.511. The van der Waals surface area contributed by atoms with Gasteiger partial charge >= 0.3 is 0 Å². The Morgan fingerprint density at radius 2 is 1.95 bits per heavy atom. The summed E-state index contributed by atoms with van der Waals surface area (Å²) >= 11 is 0. The van der Waals surface area contributed by atoms with Crippen LogP contribution in [-0.4, -0.2) is 60.8 Å². The van der Waals surface area contributed by atoms with Crippen LogP contribution in [0.2, 0.25) is 0 Å². The van der Waals surface area contributed by atoms with Gasteiger partial charge < -0.3 is 15.5 Å². The molecule has 1 aromatic rings. The number of aliphatic hydroxyl groups excluding tert-OH is 2. The van der Waals surface area contributed by atoms with E-state index in [2.05, 4.69) is 10.3 Å². The van der Waals surface area contributed by atoms with Crippen LogP contribution >= 0.6 is 0 Å². The molecule has 0 radical (unpaired) electrons. The Balaban J connectivity index is 3.16. The number of hydrogen-bond acceptors (Lipinski definition) is 6. The molecular formula is C11H19N3O4S. The molecule has 0 saturated carbocycles.